The van der Waals surface area contributed by atoms with Crippen molar-refractivity contribution >= 4 is 45.4 Å². The Morgan fingerprint density at radius 2 is 0.961 bits per heavy atom. The number of fused-ring (bicyclic) bond motifs is 2. The molecule has 0 aliphatic rings. The average molecular weight is 1010 g/mol. The SMILES string of the molecule is C=CC(=O)Cc1cccc(-c2c(-c3ccccc3)oc3ncnc(N[C@H](CO)c4ccccc4)c23)c1.CN(C)C/C=C/C(=O)Cc1cccc(-c2c(-c3ccccc3)oc3ncnc(N[C@H](CO)c4ccccc4)c23)c1. The lowest BCUT2D eigenvalue weighted by Crippen LogP contribution is -2.15. The number of benzene rings is 6. The van der Waals surface area contributed by atoms with Gasteiger partial charge in [-0.25, -0.2) is 19.9 Å². The van der Waals surface area contributed by atoms with Crippen molar-refractivity contribution in [1.82, 2.24) is 24.8 Å². The van der Waals surface area contributed by atoms with E-state index in [4.69, 9.17) is 8.83 Å². The van der Waals surface area contributed by atoms with E-state index in [-0.39, 0.29) is 49.7 Å². The van der Waals surface area contributed by atoms with E-state index in [0.717, 1.165) is 55.6 Å². The van der Waals surface area contributed by atoms with Crippen molar-refractivity contribution < 1.29 is 28.6 Å². The summed E-state index contributed by atoms with van der Waals surface area (Å²) in [5.74, 6) is 2.42. The number of aliphatic hydroxyl groups excluding tert-OH is 2. The number of furan rings is 2. The number of hydrogen-bond donors (Lipinski definition) is 4. The molecule has 10 aromatic rings. The summed E-state index contributed by atoms with van der Waals surface area (Å²) in [6.45, 7) is 4.06. The number of nitrogens with zero attached hydrogens (tertiary/aromatic N) is 5. The first kappa shape index (κ1) is 51.7. The normalized spacial score (nSPS) is 12.1. The summed E-state index contributed by atoms with van der Waals surface area (Å²) < 4.78 is 12.7. The van der Waals surface area contributed by atoms with Crippen molar-refractivity contribution in [3.8, 4) is 44.9 Å². The predicted octanol–water partition coefficient (Wildman–Crippen LogP) is 11.9. The fraction of sp³-hybridized carbons (Fsp3) is 0.143. The van der Waals surface area contributed by atoms with Crippen molar-refractivity contribution in [2.24, 2.45) is 0 Å². The second-order valence-corrected chi connectivity index (χ2v) is 18.3. The molecule has 0 aliphatic heterocycles. The number of carbonyl (C=O) groups is 2. The molecule has 0 bridgehead atoms. The zero-order chi connectivity index (χ0) is 52.8. The largest absolute Gasteiger partial charge is 0.437 e. The first-order chi connectivity index (χ1) is 37.2. The molecule has 0 unspecified atom stereocenters. The van der Waals surface area contributed by atoms with Crippen LogP contribution in [-0.2, 0) is 22.4 Å². The summed E-state index contributed by atoms with van der Waals surface area (Å²) in [6, 6.07) is 54.1. The third-order valence-corrected chi connectivity index (χ3v) is 12.6. The van der Waals surface area contributed by atoms with E-state index in [0.29, 0.717) is 51.9 Å². The number of ketones is 2. The van der Waals surface area contributed by atoms with Crippen LogP contribution >= 0.6 is 0 Å². The zero-order valence-corrected chi connectivity index (χ0v) is 42.2. The quantitative estimate of drug-likeness (QED) is 0.0530. The van der Waals surface area contributed by atoms with Crippen LogP contribution in [0.1, 0.15) is 34.3 Å². The first-order valence-corrected chi connectivity index (χ1v) is 24.9. The number of carbonyl (C=O) groups excluding carboxylic acids is 2. The van der Waals surface area contributed by atoms with Crippen molar-refractivity contribution in [3.05, 3.63) is 230 Å². The zero-order valence-electron chi connectivity index (χ0n) is 42.2. The highest BCUT2D eigenvalue weighted by atomic mass is 16.3. The summed E-state index contributed by atoms with van der Waals surface area (Å²) in [6.07, 6.45) is 8.31. The Morgan fingerprint density at radius 1 is 0.553 bits per heavy atom. The maximum atomic E-state index is 12.7. The minimum atomic E-state index is -0.375. The minimum absolute atomic E-state index is 0.0404. The van der Waals surface area contributed by atoms with Gasteiger partial charge in [0, 0.05) is 41.6 Å². The highest BCUT2D eigenvalue weighted by Gasteiger charge is 2.26. The Kier molecular flexibility index (Phi) is 16.8. The fourth-order valence-electron chi connectivity index (χ4n) is 8.99. The number of allylic oxidation sites excluding steroid dienone is 2. The van der Waals surface area contributed by atoms with Gasteiger partial charge in [0.05, 0.1) is 36.1 Å². The highest BCUT2D eigenvalue weighted by molar-refractivity contribution is 6.07. The van der Waals surface area contributed by atoms with Crippen LogP contribution in [0.3, 0.4) is 0 Å². The van der Waals surface area contributed by atoms with Crippen LogP contribution in [-0.4, -0.2) is 80.5 Å². The number of hydrogen-bond acceptors (Lipinski definition) is 13. The molecule has 76 heavy (non-hydrogen) atoms. The van der Waals surface area contributed by atoms with E-state index in [9.17, 15) is 19.8 Å². The van der Waals surface area contributed by atoms with Crippen LogP contribution in [0.4, 0.5) is 11.6 Å². The number of nitrogens with one attached hydrogen (secondary N) is 2. The Hall–Kier alpha value is -9.14. The van der Waals surface area contributed by atoms with Gasteiger partial charge in [0.15, 0.2) is 11.6 Å². The van der Waals surface area contributed by atoms with E-state index >= 15 is 0 Å². The van der Waals surface area contributed by atoms with Gasteiger partial charge in [-0.1, -0.05) is 183 Å². The Bertz CT molecular complexity index is 3600. The van der Waals surface area contributed by atoms with Gasteiger partial charge in [0.1, 0.15) is 35.8 Å². The third kappa shape index (κ3) is 12.3. The average Bonchev–Trinajstić information content (AvgIpc) is 4.11. The molecule has 13 heteroatoms. The summed E-state index contributed by atoms with van der Waals surface area (Å²) >= 11 is 0. The smallest absolute Gasteiger partial charge is 0.232 e. The van der Waals surface area contributed by atoms with Gasteiger partial charge in [-0.3, -0.25) is 9.59 Å². The standard InChI is InChI=1S/C33H32N4O3.C30H25N3O3/c1-37(2)18-10-17-27(39)20-23-11-9-16-26(19-23)29-30-32(36-28(21-38)24-12-5-3-6-13-24)34-22-35-33(30)40-31(29)25-14-7-4-8-15-25;1-2-24(35)17-20-10-9-15-23(16-20)26-27-29(33-25(18-34)21-11-5-3-6-12-21)31-19-32-30(27)36-28(26)22-13-7-4-8-14-22/h3-17,19,22,28,38H,18,20-21H2,1-2H3,(H,34,35,36);2-16,19,25,34H,1,17-18H2,(H,31,32,33)/b17-10+;/t28-;25-/m11/s1. The maximum absolute atomic E-state index is 12.7. The molecule has 0 radical (unpaired) electrons. The molecule has 0 saturated heterocycles. The predicted molar refractivity (Wildman–Crippen MR) is 300 cm³/mol. The summed E-state index contributed by atoms with van der Waals surface area (Å²) in [5, 5.41) is 28.6. The van der Waals surface area contributed by atoms with Gasteiger partial charge < -0.3 is 34.6 Å². The molecular formula is C63H57N7O6. The van der Waals surface area contributed by atoms with Crippen molar-refractivity contribution in [1.29, 1.82) is 0 Å². The van der Waals surface area contributed by atoms with Gasteiger partial charge in [0.25, 0.3) is 0 Å². The molecule has 10 rings (SSSR count). The highest BCUT2D eigenvalue weighted by Crippen LogP contribution is 2.45. The molecule has 0 spiro atoms. The monoisotopic (exact) mass is 1010 g/mol. The second kappa shape index (κ2) is 24.7. The first-order valence-electron chi connectivity index (χ1n) is 24.9. The van der Waals surface area contributed by atoms with Crippen LogP contribution < -0.4 is 10.6 Å². The molecule has 4 aromatic heterocycles. The second-order valence-electron chi connectivity index (χ2n) is 18.3. The number of aromatic nitrogens is 4. The van der Waals surface area contributed by atoms with Crippen molar-refractivity contribution in [2.45, 2.75) is 24.9 Å². The van der Waals surface area contributed by atoms with Gasteiger partial charge in [-0.15, -0.1) is 0 Å². The Balaban J connectivity index is 0.000000187. The Morgan fingerprint density at radius 3 is 1.37 bits per heavy atom. The molecule has 0 fully saturated rings. The molecule has 0 amide bonds. The van der Waals surface area contributed by atoms with Crippen LogP contribution in [0.2, 0.25) is 0 Å². The summed E-state index contributed by atoms with van der Waals surface area (Å²) in [4.78, 5) is 44.7. The number of likely N-dealkylation sites (N-methyl/N-ethyl adjacent to an activating group) is 1. The molecular weight excluding hydrogens is 951 g/mol. The molecule has 380 valence electrons. The lowest BCUT2D eigenvalue weighted by Gasteiger charge is -2.18. The molecule has 4 heterocycles. The van der Waals surface area contributed by atoms with Crippen LogP contribution in [0, 0.1) is 0 Å². The van der Waals surface area contributed by atoms with E-state index in [1.807, 2.05) is 195 Å². The molecule has 13 nitrogen and oxygen atoms in total. The lowest BCUT2D eigenvalue weighted by molar-refractivity contribution is -0.114. The van der Waals surface area contributed by atoms with Gasteiger partial charge in [-0.2, -0.15) is 0 Å². The van der Waals surface area contributed by atoms with Crippen LogP contribution in [0.25, 0.3) is 67.1 Å². The van der Waals surface area contributed by atoms with E-state index < -0.39 is 0 Å². The maximum Gasteiger partial charge on any atom is 0.232 e. The summed E-state index contributed by atoms with van der Waals surface area (Å²) in [7, 11) is 3.93. The van der Waals surface area contributed by atoms with Crippen molar-refractivity contribution in [2.75, 3.05) is 44.5 Å². The minimum Gasteiger partial charge on any atom is -0.437 e. The fourth-order valence-corrected chi connectivity index (χ4v) is 8.99. The topological polar surface area (TPSA) is 180 Å². The summed E-state index contributed by atoms with van der Waals surface area (Å²) in [5.41, 5.74) is 9.70. The van der Waals surface area contributed by atoms with Gasteiger partial charge >= 0.3 is 0 Å². The molecule has 2 atom stereocenters. The van der Waals surface area contributed by atoms with Crippen molar-refractivity contribution in [3.63, 3.8) is 0 Å². The van der Waals surface area contributed by atoms with Crippen LogP contribution in [0.15, 0.2) is 216 Å². The third-order valence-electron chi connectivity index (χ3n) is 12.6. The molecule has 6 aromatic carbocycles. The van der Waals surface area contributed by atoms with Gasteiger partial charge in [0.2, 0.25) is 11.4 Å². The number of anilines is 2. The number of rotatable bonds is 20. The Labute approximate surface area is 441 Å². The van der Waals surface area contributed by atoms with E-state index in [2.05, 4.69) is 37.1 Å². The number of aliphatic hydroxyl groups is 2. The van der Waals surface area contributed by atoms with Crippen LogP contribution in [0.5, 0.6) is 0 Å². The van der Waals surface area contributed by atoms with E-state index in [1.165, 1.54) is 18.7 Å². The molecule has 0 aliphatic carbocycles. The molecule has 4 N–H and O–H groups in total. The van der Waals surface area contributed by atoms with Gasteiger partial charge in [-0.05, 0) is 59.6 Å². The molecule has 0 saturated carbocycles. The lowest BCUT2D eigenvalue weighted by atomic mass is 9.96. The van der Waals surface area contributed by atoms with E-state index in [1.54, 1.807) is 6.08 Å².